The average molecular weight is 256 g/mol. The van der Waals surface area contributed by atoms with Crippen molar-refractivity contribution in [3.63, 3.8) is 0 Å². The van der Waals surface area contributed by atoms with E-state index in [1.165, 1.54) is 5.75 Å². The summed E-state index contributed by atoms with van der Waals surface area (Å²) in [6, 6.07) is 0.308. The van der Waals surface area contributed by atoms with Crippen LogP contribution in [-0.2, 0) is 7.05 Å². The second kappa shape index (κ2) is 4.95. The monoisotopic (exact) mass is 256 g/mol. The van der Waals surface area contributed by atoms with E-state index in [2.05, 4.69) is 10.4 Å². The number of hydrogen-bond acceptors (Lipinski definition) is 5. The Kier molecular flexibility index (Phi) is 3.56. The van der Waals surface area contributed by atoms with Gasteiger partial charge in [0.2, 0.25) is 5.82 Å². The largest absolute Gasteiger partial charge is 0.361 e. The SMILES string of the molecule is Cc1nn(C)c(NC2CCCSC2)c1[N+](=O)[O-]. The van der Waals surface area contributed by atoms with Crippen LogP contribution in [0, 0.1) is 17.0 Å². The van der Waals surface area contributed by atoms with Crippen molar-refractivity contribution in [3.05, 3.63) is 15.8 Å². The van der Waals surface area contributed by atoms with Crippen molar-refractivity contribution in [2.24, 2.45) is 7.05 Å². The Balaban J connectivity index is 2.21. The van der Waals surface area contributed by atoms with Gasteiger partial charge in [-0.1, -0.05) is 0 Å². The zero-order chi connectivity index (χ0) is 12.4. The Labute approximate surface area is 104 Å². The van der Waals surface area contributed by atoms with Crippen LogP contribution in [-0.4, -0.2) is 32.3 Å². The lowest BCUT2D eigenvalue weighted by Crippen LogP contribution is -2.27. The predicted octanol–water partition coefficient (Wildman–Crippen LogP) is 1.94. The number of hydrogen-bond donors (Lipinski definition) is 1. The molecule has 1 fully saturated rings. The molecule has 1 aliphatic heterocycles. The predicted molar refractivity (Wildman–Crippen MR) is 68.6 cm³/mol. The van der Waals surface area contributed by atoms with Crippen LogP contribution >= 0.6 is 11.8 Å². The van der Waals surface area contributed by atoms with Crippen molar-refractivity contribution in [2.45, 2.75) is 25.8 Å². The molecule has 2 rings (SSSR count). The van der Waals surface area contributed by atoms with Gasteiger partial charge in [-0.05, 0) is 25.5 Å². The quantitative estimate of drug-likeness (QED) is 0.661. The summed E-state index contributed by atoms with van der Waals surface area (Å²) in [5, 5.41) is 18.4. The van der Waals surface area contributed by atoms with Gasteiger partial charge < -0.3 is 5.32 Å². The maximum absolute atomic E-state index is 11.0. The Morgan fingerprint density at radius 2 is 2.41 bits per heavy atom. The first-order valence-corrected chi connectivity index (χ1v) is 6.77. The van der Waals surface area contributed by atoms with Gasteiger partial charge in [-0.15, -0.1) is 0 Å². The normalized spacial score (nSPS) is 20.2. The molecule has 0 radical (unpaired) electrons. The first-order valence-electron chi connectivity index (χ1n) is 5.62. The van der Waals surface area contributed by atoms with E-state index < -0.39 is 0 Å². The Hall–Kier alpha value is -1.24. The Morgan fingerprint density at radius 1 is 1.65 bits per heavy atom. The third-order valence-corrected chi connectivity index (χ3v) is 4.09. The van der Waals surface area contributed by atoms with Crippen molar-refractivity contribution < 1.29 is 4.92 Å². The molecule has 1 atom stereocenters. The highest BCUT2D eigenvalue weighted by atomic mass is 32.2. The highest BCUT2D eigenvalue weighted by Gasteiger charge is 2.26. The van der Waals surface area contributed by atoms with Crippen molar-refractivity contribution in [1.29, 1.82) is 0 Å². The number of aryl methyl sites for hydroxylation is 2. The first kappa shape index (κ1) is 12.2. The molecule has 94 valence electrons. The second-order valence-electron chi connectivity index (χ2n) is 4.22. The zero-order valence-electron chi connectivity index (χ0n) is 9.97. The van der Waals surface area contributed by atoms with Crippen molar-refractivity contribution >= 4 is 23.3 Å². The number of anilines is 1. The summed E-state index contributed by atoms with van der Waals surface area (Å²) >= 11 is 1.89. The van der Waals surface area contributed by atoms with Gasteiger partial charge in [0, 0.05) is 18.8 Å². The van der Waals surface area contributed by atoms with Crippen LogP contribution < -0.4 is 5.32 Å². The molecule has 1 aliphatic rings. The van der Waals surface area contributed by atoms with E-state index in [0.717, 1.165) is 18.6 Å². The minimum absolute atomic E-state index is 0.100. The van der Waals surface area contributed by atoms with Crippen LogP contribution in [0.1, 0.15) is 18.5 Å². The molecule has 1 unspecified atom stereocenters. The van der Waals surface area contributed by atoms with E-state index >= 15 is 0 Å². The third-order valence-electron chi connectivity index (χ3n) is 2.87. The topological polar surface area (TPSA) is 73.0 Å². The van der Waals surface area contributed by atoms with Crippen LogP contribution in [0.15, 0.2) is 0 Å². The molecule has 0 spiro atoms. The molecule has 0 amide bonds. The van der Waals surface area contributed by atoms with Crippen molar-refractivity contribution in [3.8, 4) is 0 Å². The van der Waals surface area contributed by atoms with Gasteiger partial charge in [0.15, 0.2) is 0 Å². The summed E-state index contributed by atoms with van der Waals surface area (Å²) in [5.41, 5.74) is 0.562. The first-order chi connectivity index (χ1) is 8.09. The highest BCUT2D eigenvalue weighted by Crippen LogP contribution is 2.29. The fourth-order valence-electron chi connectivity index (χ4n) is 2.08. The van der Waals surface area contributed by atoms with Crippen molar-refractivity contribution in [1.82, 2.24) is 9.78 Å². The number of thioether (sulfide) groups is 1. The average Bonchev–Trinajstić information content (AvgIpc) is 2.55. The van der Waals surface area contributed by atoms with E-state index in [4.69, 9.17) is 0 Å². The number of rotatable bonds is 3. The van der Waals surface area contributed by atoms with Gasteiger partial charge in [0.1, 0.15) is 5.69 Å². The van der Waals surface area contributed by atoms with Crippen LogP contribution in [0.2, 0.25) is 0 Å². The summed E-state index contributed by atoms with van der Waals surface area (Å²) in [7, 11) is 1.73. The van der Waals surface area contributed by atoms with E-state index in [1.54, 1.807) is 18.7 Å². The molecule has 17 heavy (non-hydrogen) atoms. The summed E-state index contributed by atoms with van der Waals surface area (Å²) in [5.74, 6) is 2.71. The second-order valence-corrected chi connectivity index (χ2v) is 5.37. The lowest BCUT2D eigenvalue weighted by atomic mass is 10.2. The lowest BCUT2D eigenvalue weighted by molar-refractivity contribution is -0.384. The minimum Gasteiger partial charge on any atom is -0.361 e. The summed E-state index contributed by atoms with van der Waals surface area (Å²) in [4.78, 5) is 10.6. The number of nitro groups is 1. The van der Waals surface area contributed by atoms with Gasteiger partial charge in [-0.25, -0.2) is 4.68 Å². The molecule has 6 nitrogen and oxygen atoms in total. The fraction of sp³-hybridized carbons (Fsp3) is 0.700. The van der Waals surface area contributed by atoms with Crippen LogP contribution in [0.5, 0.6) is 0 Å². The molecule has 7 heteroatoms. The molecular formula is C10H16N4O2S. The molecule has 1 N–H and O–H groups in total. The Morgan fingerprint density at radius 3 is 3.00 bits per heavy atom. The smallest absolute Gasteiger partial charge is 0.333 e. The number of nitrogens with one attached hydrogen (secondary N) is 1. The standard InChI is InChI=1S/C10H16N4O2S/c1-7-9(14(15)16)10(13(2)12-7)11-8-4-3-5-17-6-8/h8,11H,3-6H2,1-2H3. The number of nitrogens with zero attached hydrogens (tertiary/aromatic N) is 3. The molecule has 0 saturated carbocycles. The van der Waals surface area contributed by atoms with E-state index in [0.29, 0.717) is 17.6 Å². The Bertz CT molecular complexity index is 426. The van der Waals surface area contributed by atoms with Gasteiger partial charge in [0.25, 0.3) is 0 Å². The summed E-state index contributed by atoms with van der Waals surface area (Å²) in [6.07, 6.45) is 2.22. The third kappa shape index (κ3) is 2.54. The van der Waals surface area contributed by atoms with Crippen LogP contribution in [0.4, 0.5) is 11.5 Å². The molecular weight excluding hydrogens is 240 g/mol. The number of aromatic nitrogens is 2. The molecule has 2 heterocycles. The maximum atomic E-state index is 11.0. The van der Waals surface area contributed by atoms with Gasteiger partial charge >= 0.3 is 5.69 Å². The maximum Gasteiger partial charge on any atom is 0.333 e. The molecule has 0 aromatic carbocycles. The molecule has 1 aromatic rings. The highest BCUT2D eigenvalue weighted by molar-refractivity contribution is 7.99. The summed E-state index contributed by atoms with van der Waals surface area (Å²) in [6.45, 7) is 1.67. The van der Waals surface area contributed by atoms with E-state index in [1.807, 2.05) is 11.8 Å². The fourth-order valence-corrected chi connectivity index (χ4v) is 3.15. The molecule has 1 aromatic heterocycles. The van der Waals surface area contributed by atoms with Gasteiger partial charge in [-0.2, -0.15) is 16.9 Å². The van der Waals surface area contributed by atoms with Crippen molar-refractivity contribution in [2.75, 3.05) is 16.8 Å². The van der Waals surface area contributed by atoms with Crippen LogP contribution in [0.25, 0.3) is 0 Å². The van der Waals surface area contributed by atoms with Gasteiger partial charge in [0.05, 0.1) is 4.92 Å². The lowest BCUT2D eigenvalue weighted by Gasteiger charge is -2.22. The molecule has 0 aliphatic carbocycles. The summed E-state index contributed by atoms with van der Waals surface area (Å²) < 4.78 is 1.56. The van der Waals surface area contributed by atoms with E-state index in [9.17, 15) is 10.1 Å². The minimum atomic E-state index is -0.360. The van der Waals surface area contributed by atoms with E-state index in [-0.39, 0.29) is 10.6 Å². The molecule has 1 saturated heterocycles. The van der Waals surface area contributed by atoms with Crippen LogP contribution in [0.3, 0.4) is 0 Å². The zero-order valence-corrected chi connectivity index (χ0v) is 10.8. The molecule has 0 bridgehead atoms. The van der Waals surface area contributed by atoms with Gasteiger partial charge in [-0.3, -0.25) is 10.1 Å².